The molecule has 1 atom stereocenters. The maximum atomic E-state index is 10.5. The van der Waals surface area contributed by atoms with Crippen LogP contribution in [0.2, 0.25) is 0 Å². The summed E-state index contributed by atoms with van der Waals surface area (Å²) in [4.78, 5) is 11.9. The molecule has 0 amide bonds. The van der Waals surface area contributed by atoms with Crippen molar-refractivity contribution >= 4 is 16.7 Å². The molecule has 0 saturated carbocycles. The van der Waals surface area contributed by atoms with E-state index in [-0.39, 0.29) is 0 Å². The van der Waals surface area contributed by atoms with E-state index in [0.29, 0.717) is 24.5 Å². The number of aliphatic hydroxyl groups is 1. The number of para-hydroxylation sites is 1. The van der Waals surface area contributed by atoms with Crippen molar-refractivity contribution in [2.75, 3.05) is 31.1 Å². The highest BCUT2D eigenvalue weighted by molar-refractivity contribution is 5.82. The molecule has 1 aliphatic heterocycles. The maximum Gasteiger partial charge on any atom is 0.146 e. The fourth-order valence-electron chi connectivity index (χ4n) is 3.65. The molecule has 1 aliphatic rings. The minimum atomic E-state index is -0.492. The molecule has 132 valence electrons. The summed E-state index contributed by atoms with van der Waals surface area (Å²) in [6.45, 7) is 3.38. The molecule has 0 unspecified atom stereocenters. The second-order valence-electron chi connectivity index (χ2n) is 6.68. The lowest BCUT2D eigenvalue weighted by Crippen LogP contribution is -2.34. The second-order valence-corrected chi connectivity index (χ2v) is 6.68. The molecule has 1 fully saturated rings. The van der Waals surface area contributed by atoms with Crippen LogP contribution < -0.4 is 4.90 Å². The van der Waals surface area contributed by atoms with Crippen molar-refractivity contribution in [1.29, 1.82) is 5.26 Å². The van der Waals surface area contributed by atoms with E-state index in [0.717, 1.165) is 25.2 Å². The molecule has 0 spiro atoms. The zero-order valence-corrected chi connectivity index (χ0v) is 14.5. The molecule has 3 aromatic rings. The summed E-state index contributed by atoms with van der Waals surface area (Å²) in [5.74, 6) is 0.655. The average Bonchev–Trinajstić information content (AvgIpc) is 3.07. The van der Waals surface area contributed by atoms with Crippen molar-refractivity contribution in [3.8, 4) is 6.07 Å². The molecule has 1 saturated heterocycles. The number of fused-ring (bicyclic) bond motifs is 1. The van der Waals surface area contributed by atoms with Crippen molar-refractivity contribution in [2.24, 2.45) is 0 Å². The van der Waals surface area contributed by atoms with E-state index >= 15 is 0 Å². The zero-order valence-electron chi connectivity index (χ0n) is 14.5. The fraction of sp³-hybridized carbons (Fsp3) is 0.300. The van der Waals surface area contributed by atoms with Crippen molar-refractivity contribution in [1.82, 2.24) is 14.9 Å². The Morgan fingerprint density at radius 1 is 1.19 bits per heavy atom. The number of aromatic amines is 1. The Hall–Kier alpha value is -2.88. The molecule has 26 heavy (non-hydrogen) atoms. The van der Waals surface area contributed by atoms with E-state index in [1.165, 1.54) is 10.9 Å². The summed E-state index contributed by atoms with van der Waals surface area (Å²) in [6, 6.07) is 14.1. The Bertz CT molecular complexity index is 945. The van der Waals surface area contributed by atoms with Gasteiger partial charge in [0.25, 0.3) is 0 Å². The lowest BCUT2D eigenvalue weighted by Gasteiger charge is -2.23. The van der Waals surface area contributed by atoms with Gasteiger partial charge in [0.2, 0.25) is 0 Å². The van der Waals surface area contributed by atoms with Gasteiger partial charge in [0, 0.05) is 50.6 Å². The number of aliphatic hydroxyl groups excluding tert-OH is 1. The number of nitriles is 1. The third-order valence-electron chi connectivity index (χ3n) is 4.86. The first-order valence-corrected chi connectivity index (χ1v) is 8.80. The van der Waals surface area contributed by atoms with Gasteiger partial charge in [-0.3, -0.25) is 4.90 Å². The van der Waals surface area contributed by atoms with E-state index in [2.05, 4.69) is 45.2 Å². The van der Waals surface area contributed by atoms with Crippen molar-refractivity contribution < 1.29 is 5.11 Å². The number of β-amino-alcohol motifs (C(OH)–C–C–N with tert-alkyl or cyclic N) is 1. The molecule has 6 heteroatoms. The van der Waals surface area contributed by atoms with Gasteiger partial charge >= 0.3 is 0 Å². The third-order valence-corrected chi connectivity index (χ3v) is 4.86. The number of aromatic nitrogens is 2. The van der Waals surface area contributed by atoms with Crippen LogP contribution in [0.5, 0.6) is 0 Å². The van der Waals surface area contributed by atoms with Gasteiger partial charge in [-0.1, -0.05) is 18.2 Å². The van der Waals surface area contributed by atoms with Gasteiger partial charge in [-0.25, -0.2) is 4.98 Å². The number of pyridine rings is 1. The van der Waals surface area contributed by atoms with Crippen LogP contribution in [-0.2, 0) is 6.54 Å². The number of benzene rings is 1. The largest absolute Gasteiger partial charge is 0.390 e. The predicted octanol–water partition coefficient (Wildman–Crippen LogP) is 2.12. The third kappa shape index (κ3) is 3.27. The summed E-state index contributed by atoms with van der Waals surface area (Å²) in [6.07, 6.45) is 3.16. The number of nitrogens with one attached hydrogen (secondary N) is 1. The van der Waals surface area contributed by atoms with Crippen LogP contribution in [0.1, 0.15) is 11.1 Å². The number of H-pyrrole nitrogens is 1. The van der Waals surface area contributed by atoms with Gasteiger partial charge in [-0.05, 0) is 29.1 Å². The number of hydrogen-bond donors (Lipinski definition) is 2. The van der Waals surface area contributed by atoms with Crippen LogP contribution in [-0.4, -0.2) is 52.3 Å². The molecule has 0 aliphatic carbocycles. The Morgan fingerprint density at radius 3 is 3.00 bits per heavy atom. The summed E-state index contributed by atoms with van der Waals surface area (Å²) in [5, 5.41) is 21.0. The van der Waals surface area contributed by atoms with Crippen molar-refractivity contribution in [3.05, 3.63) is 59.9 Å². The first-order valence-electron chi connectivity index (χ1n) is 8.80. The van der Waals surface area contributed by atoms with Crippen LogP contribution in [0.25, 0.3) is 10.9 Å². The number of anilines is 1. The standard InChI is InChI=1S/C20H21N5O/c21-11-16-5-2-7-23-20(16)25-10-9-24(13-18(26)14-25)12-17-4-1-3-15-6-8-22-19(15)17/h1-8,18,22,26H,9-10,12-14H2/t18-/m0/s1. The van der Waals surface area contributed by atoms with Crippen LogP contribution >= 0.6 is 0 Å². The molecular formula is C20H21N5O. The lowest BCUT2D eigenvalue weighted by molar-refractivity contribution is 0.129. The summed E-state index contributed by atoms with van der Waals surface area (Å²) < 4.78 is 0. The van der Waals surface area contributed by atoms with Crippen molar-refractivity contribution in [3.63, 3.8) is 0 Å². The minimum absolute atomic E-state index is 0.481. The predicted molar refractivity (Wildman–Crippen MR) is 101 cm³/mol. The maximum absolute atomic E-state index is 10.5. The number of rotatable bonds is 3. The van der Waals surface area contributed by atoms with Gasteiger partial charge in [0.05, 0.1) is 11.7 Å². The molecule has 3 heterocycles. The Balaban J connectivity index is 1.53. The quantitative estimate of drug-likeness (QED) is 0.759. The topological polar surface area (TPSA) is 79.2 Å². The smallest absolute Gasteiger partial charge is 0.146 e. The van der Waals surface area contributed by atoms with E-state index in [1.807, 2.05) is 11.1 Å². The van der Waals surface area contributed by atoms with Crippen molar-refractivity contribution in [2.45, 2.75) is 12.6 Å². The molecule has 4 rings (SSSR count). The van der Waals surface area contributed by atoms with E-state index < -0.39 is 6.10 Å². The monoisotopic (exact) mass is 347 g/mol. The zero-order chi connectivity index (χ0) is 17.9. The Labute approximate surface area is 152 Å². The van der Waals surface area contributed by atoms with Crippen LogP contribution in [0, 0.1) is 11.3 Å². The summed E-state index contributed by atoms with van der Waals surface area (Å²) in [7, 11) is 0. The number of nitrogens with zero attached hydrogens (tertiary/aromatic N) is 4. The average molecular weight is 347 g/mol. The van der Waals surface area contributed by atoms with Gasteiger partial charge in [0.1, 0.15) is 11.9 Å². The fourth-order valence-corrected chi connectivity index (χ4v) is 3.65. The molecule has 0 radical (unpaired) electrons. The molecule has 2 N–H and O–H groups in total. The lowest BCUT2D eigenvalue weighted by atomic mass is 10.1. The normalized spacial score (nSPS) is 18.6. The molecule has 1 aromatic carbocycles. The van der Waals surface area contributed by atoms with Crippen LogP contribution in [0.15, 0.2) is 48.8 Å². The van der Waals surface area contributed by atoms with E-state index in [4.69, 9.17) is 0 Å². The van der Waals surface area contributed by atoms with E-state index in [1.54, 1.807) is 18.3 Å². The molecule has 6 nitrogen and oxygen atoms in total. The van der Waals surface area contributed by atoms with Gasteiger partial charge in [-0.2, -0.15) is 5.26 Å². The first kappa shape index (κ1) is 16.6. The second kappa shape index (κ2) is 7.16. The molecule has 0 bridgehead atoms. The van der Waals surface area contributed by atoms with Gasteiger partial charge in [-0.15, -0.1) is 0 Å². The highest BCUT2D eigenvalue weighted by Crippen LogP contribution is 2.21. The van der Waals surface area contributed by atoms with Crippen LogP contribution in [0.3, 0.4) is 0 Å². The van der Waals surface area contributed by atoms with Crippen LogP contribution in [0.4, 0.5) is 5.82 Å². The highest BCUT2D eigenvalue weighted by Gasteiger charge is 2.24. The SMILES string of the molecule is N#Cc1cccnc1N1CCN(Cc2cccc3cc[nH]c23)C[C@H](O)C1. The Morgan fingerprint density at radius 2 is 2.12 bits per heavy atom. The minimum Gasteiger partial charge on any atom is -0.390 e. The van der Waals surface area contributed by atoms with Gasteiger partial charge in [0.15, 0.2) is 0 Å². The molecular weight excluding hydrogens is 326 g/mol. The summed E-state index contributed by atoms with van der Waals surface area (Å²) in [5.41, 5.74) is 2.92. The first-order chi connectivity index (χ1) is 12.7. The number of hydrogen-bond acceptors (Lipinski definition) is 5. The van der Waals surface area contributed by atoms with E-state index in [9.17, 15) is 10.4 Å². The summed E-state index contributed by atoms with van der Waals surface area (Å²) >= 11 is 0. The Kier molecular flexibility index (Phi) is 4.57. The molecule has 2 aromatic heterocycles. The van der Waals surface area contributed by atoms with Gasteiger partial charge < -0.3 is 15.0 Å². The highest BCUT2D eigenvalue weighted by atomic mass is 16.3.